The molecule has 5 heteroatoms. The van der Waals surface area contributed by atoms with Crippen LogP contribution in [0, 0.1) is 0 Å². The normalized spacial score (nSPS) is 10.5. The third kappa shape index (κ3) is 4.01. The Kier molecular flexibility index (Phi) is 4.91. The molecule has 1 aromatic heterocycles. The van der Waals surface area contributed by atoms with E-state index in [4.69, 9.17) is 5.73 Å². The average molecular weight is 320 g/mol. The van der Waals surface area contributed by atoms with Crippen LogP contribution in [-0.4, -0.2) is 22.4 Å². The molecule has 5 nitrogen and oxygen atoms in total. The largest absolute Gasteiger partial charge is 0.369 e. The van der Waals surface area contributed by atoms with Gasteiger partial charge in [0.25, 0.3) is 5.91 Å². The maximum Gasteiger partial charge on any atom is 0.251 e. The topological polar surface area (TPSA) is 83.8 Å². The smallest absolute Gasteiger partial charge is 0.251 e. The van der Waals surface area contributed by atoms with E-state index in [9.17, 15) is 4.79 Å². The fourth-order valence-electron chi connectivity index (χ4n) is 2.53. The first-order chi connectivity index (χ1) is 11.7. The molecule has 0 aliphatic heterocycles. The fraction of sp³-hybridized carbons (Fsp3) is 0.158. The number of nitrogens with zero attached hydrogens (tertiary/aromatic N) is 1. The van der Waals surface area contributed by atoms with Crippen molar-refractivity contribution in [3.05, 3.63) is 72.1 Å². The summed E-state index contributed by atoms with van der Waals surface area (Å²) >= 11 is 0. The summed E-state index contributed by atoms with van der Waals surface area (Å²) in [6.07, 6.45) is 3.35. The van der Waals surface area contributed by atoms with E-state index < -0.39 is 0 Å². The third-order valence-corrected chi connectivity index (χ3v) is 3.81. The minimum absolute atomic E-state index is 0.0567. The van der Waals surface area contributed by atoms with Crippen molar-refractivity contribution < 1.29 is 4.79 Å². The molecule has 24 heavy (non-hydrogen) atoms. The van der Waals surface area contributed by atoms with Crippen LogP contribution in [0.15, 0.2) is 60.8 Å². The Hall–Kier alpha value is -3.08. The maximum absolute atomic E-state index is 12.2. The standard InChI is InChI=1S/C19H20N4O/c20-19-22-13-17(23-19)7-4-12-21-18(24)16-10-8-15(9-11-16)14-5-2-1-3-6-14/h1-3,5-6,8-11,13H,4,7,12H2,(H,21,24)(H3,20,22,23). The summed E-state index contributed by atoms with van der Waals surface area (Å²) < 4.78 is 0. The van der Waals surface area contributed by atoms with Crippen molar-refractivity contribution in [2.24, 2.45) is 0 Å². The molecule has 3 aromatic rings. The third-order valence-electron chi connectivity index (χ3n) is 3.81. The minimum Gasteiger partial charge on any atom is -0.369 e. The Morgan fingerprint density at radius 3 is 2.42 bits per heavy atom. The summed E-state index contributed by atoms with van der Waals surface area (Å²) in [7, 11) is 0. The first-order valence-electron chi connectivity index (χ1n) is 7.95. The van der Waals surface area contributed by atoms with Gasteiger partial charge in [-0.05, 0) is 36.1 Å². The van der Waals surface area contributed by atoms with Crippen LogP contribution in [0.1, 0.15) is 22.5 Å². The van der Waals surface area contributed by atoms with E-state index in [2.05, 4.69) is 27.4 Å². The number of rotatable bonds is 6. The van der Waals surface area contributed by atoms with Gasteiger partial charge in [0.1, 0.15) is 0 Å². The van der Waals surface area contributed by atoms with Crippen LogP contribution in [0.4, 0.5) is 5.95 Å². The Labute approximate surface area is 140 Å². The number of aryl methyl sites for hydroxylation is 1. The van der Waals surface area contributed by atoms with Crippen molar-refractivity contribution in [1.29, 1.82) is 0 Å². The molecule has 3 rings (SSSR count). The monoisotopic (exact) mass is 320 g/mol. The van der Waals surface area contributed by atoms with Gasteiger partial charge in [0.15, 0.2) is 5.95 Å². The summed E-state index contributed by atoms with van der Waals surface area (Å²) in [5.74, 6) is 0.367. The molecule has 0 bridgehead atoms. The number of H-pyrrole nitrogens is 1. The maximum atomic E-state index is 12.2. The number of amides is 1. The van der Waals surface area contributed by atoms with Gasteiger partial charge in [-0.3, -0.25) is 4.79 Å². The van der Waals surface area contributed by atoms with Crippen LogP contribution in [-0.2, 0) is 6.42 Å². The highest BCUT2D eigenvalue weighted by Crippen LogP contribution is 2.19. The molecule has 0 radical (unpaired) electrons. The number of anilines is 1. The summed E-state index contributed by atoms with van der Waals surface area (Å²) in [6, 6.07) is 17.7. The van der Waals surface area contributed by atoms with Gasteiger partial charge in [-0.25, -0.2) is 4.98 Å². The number of hydrogen-bond acceptors (Lipinski definition) is 3. The van der Waals surface area contributed by atoms with E-state index in [0.29, 0.717) is 18.1 Å². The van der Waals surface area contributed by atoms with Crippen molar-refractivity contribution in [2.75, 3.05) is 12.3 Å². The van der Waals surface area contributed by atoms with E-state index in [1.54, 1.807) is 6.20 Å². The zero-order valence-electron chi connectivity index (χ0n) is 13.3. The lowest BCUT2D eigenvalue weighted by molar-refractivity contribution is 0.0953. The molecule has 0 aliphatic carbocycles. The second kappa shape index (κ2) is 7.46. The van der Waals surface area contributed by atoms with Crippen molar-refractivity contribution in [1.82, 2.24) is 15.3 Å². The van der Waals surface area contributed by atoms with Gasteiger partial charge in [-0.1, -0.05) is 42.5 Å². The van der Waals surface area contributed by atoms with Crippen molar-refractivity contribution in [3.63, 3.8) is 0 Å². The predicted octanol–water partition coefficient (Wildman–Crippen LogP) is 3.02. The van der Waals surface area contributed by atoms with Crippen LogP contribution < -0.4 is 11.1 Å². The lowest BCUT2D eigenvalue weighted by Crippen LogP contribution is -2.24. The average Bonchev–Trinajstić information content (AvgIpc) is 3.05. The van der Waals surface area contributed by atoms with Crippen molar-refractivity contribution >= 4 is 11.9 Å². The molecule has 2 aromatic carbocycles. The van der Waals surface area contributed by atoms with E-state index >= 15 is 0 Å². The van der Waals surface area contributed by atoms with Gasteiger partial charge in [0.05, 0.1) is 6.20 Å². The van der Waals surface area contributed by atoms with Crippen LogP contribution in [0.2, 0.25) is 0 Å². The lowest BCUT2D eigenvalue weighted by atomic mass is 10.0. The molecule has 1 amide bonds. The molecular formula is C19H20N4O. The van der Waals surface area contributed by atoms with Crippen LogP contribution in [0.3, 0.4) is 0 Å². The van der Waals surface area contributed by atoms with Crippen molar-refractivity contribution in [3.8, 4) is 11.1 Å². The zero-order chi connectivity index (χ0) is 16.8. The van der Waals surface area contributed by atoms with Gasteiger partial charge >= 0.3 is 0 Å². The summed E-state index contributed by atoms with van der Waals surface area (Å²) in [6.45, 7) is 0.609. The minimum atomic E-state index is -0.0567. The summed E-state index contributed by atoms with van der Waals surface area (Å²) in [5, 5.41) is 2.93. The number of aromatic nitrogens is 2. The molecule has 0 fully saturated rings. The number of carbonyl (C=O) groups excluding carboxylic acids is 1. The number of aromatic amines is 1. The first-order valence-corrected chi connectivity index (χ1v) is 7.95. The molecule has 0 saturated heterocycles. The Bertz CT molecular complexity index is 794. The van der Waals surface area contributed by atoms with Crippen LogP contribution in [0.25, 0.3) is 11.1 Å². The predicted molar refractivity (Wildman–Crippen MR) is 95.5 cm³/mol. The molecule has 0 atom stereocenters. The lowest BCUT2D eigenvalue weighted by Gasteiger charge is -2.06. The highest BCUT2D eigenvalue weighted by atomic mass is 16.1. The highest BCUT2D eigenvalue weighted by Gasteiger charge is 2.05. The van der Waals surface area contributed by atoms with Crippen LogP contribution >= 0.6 is 0 Å². The second-order valence-electron chi connectivity index (χ2n) is 5.60. The summed E-state index contributed by atoms with van der Waals surface area (Å²) in [4.78, 5) is 19.1. The van der Waals surface area contributed by atoms with Gasteiger partial charge in [-0.15, -0.1) is 0 Å². The van der Waals surface area contributed by atoms with E-state index in [1.807, 2.05) is 42.5 Å². The van der Waals surface area contributed by atoms with Gasteiger partial charge < -0.3 is 16.0 Å². The molecule has 0 aliphatic rings. The van der Waals surface area contributed by atoms with Gasteiger partial charge in [-0.2, -0.15) is 0 Å². The number of carbonyl (C=O) groups is 1. The molecule has 1 heterocycles. The Morgan fingerprint density at radius 1 is 1.04 bits per heavy atom. The van der Waals surface area contributed by atoms with Gasteiger partial charge in [0, 0.05) is 17.8 Å². The SMILES string of the molecule is Nc1ncc(CCCNC(=O)c2ccc(-c3ccccc3)cc2)[nH]1. The number of imidazole rings is 1. The number of hydrogen-bond donors (Lipinski definition) is 3. The van der Waals surface area contributed by atoms with E-state index in [-0.39, 0.29) is 5.91 Å². The van der Waals surface area contributed by atoms with Crippen LogP contribution in [0.5, 0.6) is 0 Å². The zero-order valence-corrected chi connectivity index (χ0v) is 13.3. The number of nitrogens with two attached hydrogens (primary N) is 1. The van der Waals surface area contributed by atoms with E-state index in [1.165, 1.54) is 0 Å². The molecular weight excluding hydrogens is 300 g/mol. The number of nitrogens with one attached hydrogen (secondary N) is 2. The Morgan fingerprint density at radius 2 is 1.75 bits per heavy atom. The molecule has 0 unspecified atom stereocenters. The number of benzene rings is 2. The molecule has 122 valence electrons. The summed E-state index contributed by atoms with van der Waals surface area (Å²) in [5.41, 5.74) is 9.42. The Balaban J connectivity index is 1.50. The number of nitrogen functional groups attached to an aromatic ring is 1. The molecule has 0 spiro atoms. The molecule has 0 saturated carbocycles. The first kappa shape index (κ1) is 15.8. The van der Waals surface area contributed by atoms with Crippen molar-refractivity contribution in [2.45, 2.75) is 12.8 Å². The van der Waals surface area contributed by atoms with E-state index in [0.717, 1.165) is 29.7 Å². The quantitative estimate of drug-likeness (QED) is 0.610. The highest BCUT2D eigenvalue weighted by molar-refractivity contribution is 5.94. The fourth-order valence-corrected chi connectivity index (χ4v) is 2.53. The molecule has 4 N–H and O–H groups in total. The second-order valence-corrected chi connectivity index (χ2v) is 5.60. The van der Waals surface area contributed by atoms with Gasteiger partial charge in [0.2, 0.25) is 0 Å².